The van der Waals surface area contributed by atoms with E-state index >= 15 is 0 Å². The van der Waals surface area contributed by atoms with Crippen LogP contribution < -0.4 is 0 Å². The molecule has 0 spiro atoms. The van der Waals surface area contributed by atoms with Gasteiger partial charge in [-0.25, -0.2) is 9.82 Å². The lowest BCUT2D eigenvalue weighted by Crippen LogP contribution is -2.33. The molecule has 11 heavy (non-hydrogen) atoms. The van der Waals surface area contributed by atoms with E-state index in [1.165, 1.54) is 0 Å². The topological polar surface area (TPSA) is 168 Å². The Morgan fingerprint density at radius 3 is 1.18 bits per heavy atom. The highest BCUT2D eigenvalue weighted by molar-refractivity contribution is 7.46. The Morgan fingerprint density at radius 2 is 1.18 bits per heavy atom. The van der Waals surface area contributed by atoms with E-state index < -0.39 is 16.9 Å². The first-order valence-corrected chi connectivity index (χ1v) is 5.16. The zero-order valence-electron chi connectivity index (χ0n) is 4.89. The second-order valence-electron chi connectivity index (χ2n) is 1.17. The second kappa shape index (κ2) is 4.90. The van der Waals surface area contributed by atoms with Crippen molar-refractivity contribution in [2.45, 2.75) is 0 Å². The first-order chi connectivity index (χ1) is 4.56. The van der Waals surface area contributed by atoms with Crippen LogP contribution in [0.4, 0.5) is 0 Å². The predicted molar refractivity (Wildman–Crippen MR) is 30.4 cm³/mol. The summed E-state index contributed by atoms with van der Waals surface area (Å²) < 4.78 is 11.8. The quantitative estimate of drug-likeness (QED) is 0.103. The molecule has 0 radical (unpaired) electrons. The Labute approximate surface area is 61.4 Å². The van der Waals surface area contributed by atoms with Crippen LogP contribution >= 0.6 is 7.82 Å². The fourth-order valence-corrected chi connectivity index (χ4v) is 0. The van der Waals surface area contributed by atoms with E-state index in [-0.39, 0.29) is 0 Å². The van der Waals surface area contributed by atoms with Crippen LogP contribution in [0.2, 0.25) is 0 Å². The summed E-state index contributed by atoms with van der Waals surface area (Å²) in [6.45, 7) is 0. The Morgan fingerprint density at radius 1 is 1.09 bits per heavy atom. The molecule has 0 saturated heterocycles. The van der Waals surface area contributed by atoms with Gasteiger partial charge in [-0.2, -0.15) is 0 Å². The van der Waals surface area contributed by atoms with Gasteiger partial charge in [-0.05, 0) is 0 Å². The predicted octanol–water partition coefficient (Wildman–Crippen LogP) is -3.04. The molecule has 7 N–H and O–H groups in total. The van der Waals surface area contributed by atoms with Crippen molar-refractivity contribution in [1.29, 1.82) is 0 Å². The summed E-state index contributed by atoms with van der Waals surface area (Å²) >= 11 is 0. The average molecular weight is 210 g/mol. The highest BCUT2D eigenvalue weighted by atomic mass is 31.2. The number of rotatable bonds is 1. The van der Waals surface area contributed by atoms with E-state index in [1.807, 2.05) is 0 Å². The molecule has 0 aliphatic carbocycles. The highest BCUT2D eigenvalue weighted by Crippen LogP contribution is 2.33. The lowest BCUT2D eigenvalue weighted by atomic mass is 15.0. The first-order valence-electron chi connectivity index (χ1n) is 1.84. The molecule has 0 bridgehead atoms. The maximum absolute atomic E-state index is 9.22. The standard InChI is InChI=1S/H3O5P.H4O4Si/c1-5-6(2,3)4;1-5(2,3)4/h1H,(H2,2,3,4);1-4H. The Hall–Kier alpha value is 0.127. The molecule has 70 valence electrons. The van der Waals surface area contributed by atoms with Gasteiger partial charge in [0.1, 0.15) is 0 Å². The molecule has 0 unspecified atom stereocenters. The molecular weight excluding hydrogens is 203 g/mol. The zero-order valence-corrected chi connectivity index (χ0v) is 6.79. The molecule has 0 fully saturated rings. The maximum Gasteiger partial charge on any atom is 0.668 e. The molecule has 0 aliphatic heterocycles. The van der Waals surface area contributed by atoms with Crippen molar-refractivity contribution in [3.8, 4) is 0 Å². The monoisotopic (exact) mass is 210 g/mol. The third-order valence-electron chi connectivity index (χ3n) is 0.106. The molecular formula is H7O9PSi. The Kier molecular flexibility index (Phi) is 6.10. The molecule has 0 atom stereocenters. The van der Waals surface area contributed by atoms with Gasteiger partial charge < -0.3 is 29.0 Å². The van der Waals surface area contributed by atoms with Gasteiger partial charge in [0.25, 0.3) is 0 Å². The molecule has 0 rings (SSSR count). The van der Waals surface area contributed by atoms with Crippen molar-refractivity contribution >= 4 is 16.9 Å². The van der Waals surface area contributed by atoms with Gasteiger partial charge in [-0.3, -0.25) is 0 Å². The van der Waals surface area contributed by atoms with Crippen molar-refractivity contribution in [2.75, 3.05) is 0 Å². The van der Waals surface area contributed by atoms with Gasteiger partial charge in [0.2, 0.25) is 0 Å². The van der Waals surface area contributed by atoms with Gasteiger partial charge in [-0.15, -0.1) is 4.67 Å². The number of phosphoric acid groups is 1. The molecule has 0 aliphatic rings. The van der Waals surface area contributed by atoms with Gasteiger partial charge in [0.15, 0.2) is 0 Å². The van der Waals surface area contributed by atoms with Crippen LogP contribution in [0.3, 0.4) is 0 Å². The van der Waals surface area contributed by atoms with Crippen LogP contribution in [0.1, 0.15) is 0 Å². The Balaban J connectivity index is 0. The van der Waals surface area contributed by atoms with Crippen molar-refractivity contribution in [1.82, 2.24) is 0 Å². The normalized spacial score (nSPS) is 11.9. The van der Waals surface area contributed by atoms with Crippen LogP contribution in [-0.4, -0.2) is 43.3 Å². The van der Waals surface area contributed by atoms with E-state index in [2.05, 4.69) is 4.67 Å². The molecule has 0 aromatic heterocycles. The molecule has 11 heteroatoms. The minimum Gasteiger partial charge on any atom is -0.368 e. The molecule has 0 heterocycles. The fraction of sp³-hybridized carbons (Fsp3) is 0. The van der Waals surface area contributed by atoms with Gasteiger partial charge in [-0.1, -0.05) is 0 Å². The third kappa shape index (κ3) is 68.4. The summed E-state index contributed by atoms with van der Waals surface area (Å²) in [6.07, 6.45) is 0. The summed E-state index contributed by atoms with van der Waals surface area (Å²) in [6, 6.07) is 0. The smallest absolute Gasteiger partial charge is 0.368 e. The van der Waals surface area contributed by atoms with E-state index in [0.717, 1.165) is 0 Å². The van der Waals surface area contributed by atoms with E-state index in [1.54, 1.807) is 0 Å². The minimum atomic E-state index is -4.61. The second-order valence-corrected chi connectivity index (χ2v) is 3.52. The summed E-state index contributed by atoms with van der Waals surface area (Å²) in [7, 11) is -9.20. The molecule has 0 aromatic carbocycles. The molecule has 0 amide bonds. The molecule has 0 saturated carbocycles. The molecule has 0 aromatic rings. The van der Waals surface area contributed by atoms with Crippen molar-refractivity contribution in [2.24, 2.45) is 0 Å². The largest absolute Gasteiger partial charge is 0.668 e. The average Bonchev–Trinajstić information content (AvgIpc) is 1.59. The number of hydrogen-bond donors (Lipinski definition) is 7. The minimum absolute atomic E-state index is 2.60. The lowest BCUT2D eigenvalue weighted by molar-refractivity contribution is -0.158. The Bertz CT molecular complexity index is 121. The molecule has 9 nitrogen and oxygen atoms in total. The van der Waals surface area contributed by atoms with Crippen LogP contribution in [0.5, 0.6) is 0 Å². The lowest BCUT2D eigenvalue weighted by Gasteiger charge is -1.91. The van der Waals surface area contributed by atoms with Crippen LogP contribution in [0, 0.1) is 0 Å². The summed E-state index contributed by atoms with van der Waals surface area (Å²) in [5.74, 6) is 0. The van der Waals surface area contributed by atoms with E-state index in [9.17, 15) is 4.57 Å². The van der Waals surface area contributed by atoms with Gasteiger partial charge in [0, 0.05) is 0 Å². The van der Waals surface area contributed by atoms with Crippen LogP contribution in [-0.2, 0) is 9.24 Å². The van der Waals surface area contributed by atoms with Crippen LogP contribution in [0.15, 0.2) is 0 Å². The maximum atomic E-state index is 9.22. The summed E-state index contributed by atoms with van der Waals surface area (Å²) in [5.41, 5.74) is 0. The van der Waals surface area contributed by atoms with E-state index in [4.69, 9.17) is 34.2 Å². The fourth-order valence-electron chi connectivity index (χ4n) is 0. The highest BCUT2D eigenvalue weighted by Gasteiger charge is 2.22. The number of hydrogen-bond acceptors (Lipinski definition) is 7. The first kappa shape index (κ1) is 13.7. The summed E-state index contributed by atoms with van der Waals surface area (Å²) in [5, 5.41) is 7.14. The van der Waals surface area contributed by atoms with E-state index in [0.29, 0.717) is 0 Å². The van der Waals surface area contributed by atoms with Gasteiger partial charge in [0.05, 0.1) is 0 Å². The van der Waals surface area contributed by atoms with Gasteiger partial charge >= 0.3 is 16.9 Å². The van der Waals surface area contributed by atoms with Crippen LogP contribution in [0.25, 0.3) is 0 Å². The SMILES string of the molecule is O=P(O)(O)OO.O[Si](O)(O)O. The van der Waals surface area contributed by atoms with Crippen molar-refractivity contribution < 1.29 is 43.5 Å². The third-order valence-corrected chi connectivity index (χ3v) is 0.319. The zero-order chi connectivity index (χ0) is 9.71. The van der Waals surface area contributed by atoms with Crippen molar-refractivity contribution in [3.05, 3.63) is 0 Å². The van der Waals surface area contributed by atoms with Crippen molar-refractivity contribution in [3.63, 3.8) is 0 Å². The summed E-state index contributed by atoms with van der Waals surface area (Å²) in [4.78, 5) is 44.2.